The maximum Gasteiger partial charge on any atom is 0.255 e. The van der Waals surface area contributed by atoms with E-state index in [2.05, 4.69) is 32.7 Å². The number of rotatable bonds is 6. The van der Waals surface area contributed by atoms with Crippen LogP contribution in [0.15, 0.2) is 91.0 Å². The van der Waals surface area contributed by atoms with Crippen molar-refractivity contribution in [2.24, 2.45) is 5.92 Å². The quantitative estimate of drug-likeness (QED) is 0.221. The summed E-state index contributed by atoms with van der Waals surface area (Å²) in [5.74, 6) is 0.831. The first-order chi connectivity index (χ1) is 18.4. The zero-order chi connectivity index (χ0) is 26.2. The summed E-state index contributed by atoms with van der Waals surface area (Å²) in [5, 5.41) is 6.49. The van der Waals surface area contributed by atoms with E-state index < -0.39 is 0 Å². The summed E-state index contributed by atoms with van der Waals surface area (Å²) in [4.78, 5) is 33.4. The van der Waals surface area contributed by atoms with E-state index >= 15 is 0 Å². The van der Waals surface area contributed by atoms with Gasteiger partial charge in [-0.25, -0.2) is 4.98 Å². The number of imidazole rings is 1. The van der Waals surface area contributed by atoms with Crippen molar-refractivity contribution < 1.29 is 9.59 Å². The first kappa shape index (κ1) is 23.9. The zero-order valence-electron chi connectivity index (χ0n) is 20.7. The number of aromatic amines is 1. The van der Waals surface area contributed by atoms with E-state index in [0.717, 1.165) is 34.3 Å². The number of amides is 2. The number of H-pyrrole nitrogens is 1. The molecule has 1 aromatic heterocycles. The molecule has 2 amide bonds. The molecule has 0 spiro atoms. The SMILES string of the molecule is Cc1cc(Cl)cc(C(=O)Nc2ccc(-c3nc4ccc(NC(=O)C5CC5c5ccccc5)cc4[nH]3)cc2)c1. The van der Waals surface area contributed by atoms with Gasteiger partial charge in [0.05, 0.1) is 11.0 Å². The van der Waals surface area contributed by atoms with E-state index in [-0.39, 0.29) is 17.7 Å². The molecule has 0 saturated heterocycles. The summed E-state index contributed by atoms with van der Waals surface area (Å²) in [6, 6.07) is 28.6. The van der Waals surface area contributed by atoms with Gasteiger partial charge in [-0.15, -0.1) is 0 Å². The van der Waals surface area contributed by atoms with Gasteiger partial charge in [0.2, 0.25) is 5.91 Å². The average molecular weight is 521 g/mol. The van der Waals surface area contributed by atoms with Crippen LogP contribution in [0.25, 0.3) is 22.4 Å². The molecule has 1 saturated carbocycles. The van der Waals surface area contributed by atoms with Gasteiger partial charge in [-0.1, -0.05) is 41.9 Å². The Kier molecular flexibility index (Phi) is 6.18. The zero-order valence-corrected chi connectivity index (χ0v) is 21.4. The molecule has 2 unspecified atom stereocenters. The standard InChI is InChI=1S/C31H25ClN4O2/c1-18-13-21(15-22(32)14-18)30(37)33-23-9-7-20(8-10-23)29-35-27-12-11-24(16-28(27)36-29)34-31(38)26-17-25(26)19-5-3-2-4-6-19/h2-16,25-26H,17H2,1H3,(H,33,37)(H,34,38)(H,35,36). The van der Waals surface area contributed by atoms with Crippen molar-refractivity contribution in [3.8, 4) is 11.4 Å². The second-order valence-corrected chi connectivity index (χ2v) is 10.2. The van der Waals surface area contributed by atoms with Crippen molar-refractivity contribution in [1.29, 1.82) is 0 Å². The molecule has 0 aliphatic heterocycles. The Hall–Kier alpha value is -4.42. The number of benzene rings is 4. The fourth-order valence-electron chi connectivity index (χ4n) is 4.79. The minimum atomic E-state index is -0.219. The van der Waals surface area contributed by atoms with Crippen LogP contribution in [0.2, 0.25) is 5.02 Å². The molecule has 1 fully saturated rings. The molecule has 5 aromatic rings. The molecule has 3 N–H and O–H groups in total. The van der Waals surface area contributed by atoms with Crippen molar-refractivity contribution in [3.63, 3.8) is 0 Å². The summed E-state index contributed by atoms with van der Waals surface area (Å²) in [6.45, 7) is 1.90. The summed E-state index contributed by atoms with van der Waals surface area (Å²) < 4.78 is 0. The van der Waals surface area contributed by atoms with Crippen LogP contribution in [0.4, 0.5) is 11.4 Å². The second kappa shape index (κ2) is 9.80. The van der Waals surface area contributed by atoms with Crippen LogP contribution in [0.3, 0.4) is 0 Å². The van der Waals surface area contributed by atoms with E-state index in [1.165, 1.54) is 5.56 Å². The lowest BCUT2D eigenvalue weighted by Gasteiger charge is -2.07. The first-order valence-corrected chi connectivity index (χ1v) is 12.9. The first-order valence-electron chi connectivity index (χ1n) is 12.5. The fourth-order valence-corrected chi connectivity index (χ4v) is 5.08. The molecule has 38 heavy (non-hydrogen) atoms. The predicted octanol–water partition coefficient (Wildman–Crippen LogP) is 7.19. The van der Waals surface area contributed by atoms with Gasteiger partial charge in [-0.2, -0.15) is 0 Å². The number of carbonyl (C=O) groups excluding carboxylic acids is 2. The van der Waals surface area contributed by atoms with Crippen molar-refractivity contribution in [1.82, 2.24) is 9.97 Å². The van der Waals surface area contributed by atoms with Crippen molar-refractivity contribution in [3.05, 3.63) is 113 Å². The van der Waals surface area contributed by atoms with Gasteiger partial charge in [-0.3, -0.25) is 9.59 Å². The van der Waals surface area contributed by atoms with Crippen LogP contribution in [-0.4, -0.2) is 21.8 Å². The molecule has 1 aliphatic rings. The van der Waals surface area contributed by atoms with Gasteiger partial charge in [0, 0.05) is 33.4 Å². The predicted molar refractivity (Wildman–Crippen MR) is 152 cm³/mol. The number of hydrogen-bond acceptors (Lipinski definition) is 3. The van der Waals surface area contributed by atoms with Crippen molar-refractivity contribution >= 4 is 45.8 Å². The normalized spacial score (nSPS) is 16.3. The Balaban J connectivity index is 1.12. The highest BCUT2D eigenvalue weighted by atomic mass is 35.5. The number of aromatic nitrogens is 2. The van der Waals surface area contributed by atoms with Crippen LogP contribution in [0, 0.1) is 12.8 Å². The van der Waals surface area contributed by atoms with Gasteiger partial charge in [-0.05, 0) is 91.1 Å². The molecular formula is C31H25ClN4O2. The number of fused-ring (bicyclic) bond motifs is 1. The van der Waals surface area contributed by atoms with E-state index in [9.17, 15) is 9.59 Å². The number of carbonyl (C=O) groups is 2. The molecule has 2 atom stereocenters. The number of anilines is 2. The third-order valence-corrected chi connectivity index (χ3v) is 7.04. The molecule has 6 rings (SSSR count). The molecular weight excluding hydrogens is 496 g/mol. The topological polar surface area (TPSA) is 86.9 Å². The van der Waals surface area contributed by atoms with Crippen molar-refractivity contribution in [2.75, 3.05) is 10.6 Å². The Morgan fingerprint density at radius 1 is 0.895 bits per heavy atom. The third-order valence-electron chi connectivity index (χ3n) is 6.82. The van der Waals surface area contributed by atoms with E-state index in [0.29, 0.717) is 28.0 Å². The van der Waals surface area contributed by atoms with Crippen LogP contribution in [-0.2, 0) is 4.79 Å². The fraction of sp³-hybridized carbons (Fsp3) is 0.129. The Labute approximate surface area is 225 Å². The maximum atomic E-state index is 12.8. The molecule has 0 bridgehead atoms. The van der Waals surface area contributed by atoms with Gasteiger partial charge in [0.1, 0.15) is 5.82 Å². The van der Waals surface area contributed by atoms with Crippen LogP contribution >= 0.6 is 11.6 Å². The summed E-state index contributed by atoms with van der Waals surface area (Å²) in [6.07, 6.45) is 0.876. The van der Waals surface area contributed by atoms with Gasteiger partial charge in [0.25, 0.3) is 5.91 Å². The lowest BCUT2D eigenvalue weighted by Crippen LogP contribution is -2.14. The Bertz CT molecular complexity index is 1640. The van der Waals surface area contributed by atoms with Gasteiger partial charge >= 0.3 is 0 Å². The van der Waals surface area contributed by atoms with Crippen LogP contribution < -0.4 is 10.6 Å². The average Bonchev–Trinajstić information content (AvgIpc) is 3.61. The molecule has 4 aromatic carbocycles. The number of hydrogen-bond donors (Lipinski definition) is 3. The van der Waals surface area contributed by atoms with E-state index in [1.54, 1.807) is 12.1 Å². The number of nitrogens with zero attached hydrogens (tertiary/aromatic N) is 1. The second-order valence-electron chi connectivity index (χ2n) is 9.71. The lowest BCUT2D eigenvalue weighted by molar-refractivity contribution is -0.117. The molecule has 6 nitrogen and oxygen atoms in total. The summed E-state index contributed by atoms with van der Waals surface area (Å²) in [7, 11) is 0. The molecule has 7 heteroatoms. The van der Waals surface area contributed by atoms with E-state index in [1.807, 2.05) is 73.7 Å². The smallest absolute Gasteiger partial charge is 0.255 e. The highest BCUT2D eigenvalue weighted by Crippen LogP contribution is 2.47. The summed E-state index contributed by atoms with van der Waals surface area (Å²) >= 11 is 6.09. The van der Waals surface area contributed by atoms with Crippen LogP contribution in [0.5, 0.6) is 0 Å². The van der Waals surface area contributed by atoms with Crippen molar-refractivity contribution in [2.45, 2.75) is 19.3 Å². The Morgan fingerprint density at radius 2 is 1.66 bits per heavy atom. The van der Waals surface area contributed by atoms with E-state index in [4.69, 9.17) is 11.6 Å². The number of aryl methyl sites for hydroxylation is 1. The molecule has 188 valence electrons. The minimum Gasteiger partial charge on any atom is -0.338 e. The monoisotopic (exact) mass is 520 g/mol. The van der Waals surface area contributed by atoms with Crippen LogP contribution in [0.1, 0.15) is 33.8 Å². The minimum absolute atomic E-state index is 0.00679. The highest BCUT2D eigenvalue weighted by Gasteiger charge is 2.43. The number of halogens is 1. The van der Waals surface area contributed by atoms with Gasteiger partial charge < -0.3 is 15.6 Å². The maximum absolute atomic E-state index is 12.8. The molecule has 1 aliphatic carbocycles. The Morgan fingerprint density at radius 3 is 2.42 bits per heavy atom. The number of nitrogens with one attached hydrogen (secondary N) is 3. The highest BCUT2D eigenvalue weighted by molar-refractivity contribution is 6.31. The molecule has 0 radical (unpaired) electrons. The third kappa shape index (κ3) is 5.04. The largest absolute Gasteiger partial charge is 0.338 e. The summed E-state index contributed by atoms with van der Waals surface area (Å²) in [5.41, 5.74) is 6.59. The molecule has 1 heterocycles. The van der Waals surface area contributed by atoms with Gasteiger partial charge in [0.15, 0.2) is 0 Å². The lowest BCUT2D eigenvalue weighted by atomic mass is 10.1.